The van der Waals surface area contributed by atoms with Gasteiger partial charge in [-0.2, -0.15) is 13.2 Å². The van der Waals surface area contributed by atoms with Gasteiger partial charge in [-0.25, -0.2) is 0 Å². The highest BCUT2D eigenvalue weighted by Gasteiger charge is 2.36. The molecule has 0 bridgehead atoms. The van der Waals surface area contributed by atoms with Crippen LogP contribution >= 0.6 is 0 Å². The summed E-state index contributed by atoms with van der Waals surface area (Å²) >= 11 is 0. The minimum atomic E-state index is -4.46. The van der Waals surface area contributed by atoms with Crippen molar-refractivity contribution in [2.45, 2.75) is 12.3 Å². The Morgan fingerprint density at radius 3 is 2.79 bits per heavy atom. The molecule has 0 saturated carbocycles. The van der Waals surface area contributed by atoms with Gasteiger partial charge in [0, 0.05) is 24.5 Å². The zero-order valence-electron chi connectivity index (χ0n) is 10.2. The van der Waals surface area contributed by atoms with Crippen molar-refractivity contribution in [2.24, 2.45) is 0 Å². The van der Waals surface area contributed by atoms with Gasteiger partial charge < -0.3 is 20.5 Å². The fourth-order valence-electron chi connectivity index (χ4n) is 2.11. The molecule has 106 valence electrons. The second-order valence-electron chi connectivity index (χ2n) is 4.40. The first kappa shape index (κ1) is 14.0. The summed E-state index contributed by atoms with van der Waals surface area (Å²) in [6.07, 6.45) is -4.93. The van der Waals surface area contributed by atoms with E-state index in [1.807, 2.05) is 0 Å². The maximum absolute atomic E-state index is 13.0. The van der Waals surface area contributed by atoms with Crippen LogP contribution in [-0.2, 0) is 10.9 Å². The smallest absolute Gasteiger partial charge is 0.399 e. The number of hydrogen-bond acceptors (Lipinski definition) is 4. The molecule has 1 unspecified atom stereocenters. The number of halogens is 3. The molecule has 4 nitrogen and oxygen atoms in total. The van der Waals surface area contributed by atoms with Crippen LogP contribution < -0.4 is 10.6 Å². The molecule has 1 saturated heterocycles. The van der Waals surface area contributed by atoms with E-state index in [1.165, 1.54) is 12.1 Å². The predicted octanol–water partition coefficient (Wildman–Crippen LogP) is 1.49. The summed E-state index contributed by atoms with van der Waals surface area (Å²) in [6.45, 7) is 0.646. The molecule has 3 N–H and O–H groups in total. The molecule has 0 radical (unpaired) electrons. The van der Waals surface area contributed by atoms with Gasteiger partial charge in [-0.05, 0) is 18.2 Å². The average molecular weight is 276 g/mol. The summed E-state index contributed by atoms with van der Waals surface area (Å²) in [7, 11) is 0. The maximum Gasteiger partial charge on any atom is 0.418 e. The van der Waals surface area contributed by atoms with Crippen LogP contribution in [0.15, 0.2) is 18.2 Å². The van der Waals surface area contributed by atoms with E-state index in [1.54, 1.807) is 4.90 Å². The molecule has 1 aliphatic heterocycles. The van der Waals surface area contributed by atoms with Crippen molar-refractivity contribution in [3.05, 3.63) is 23.8 Å². The molecule has 0 aromatic heterocycles. The highest BCUT2D eigenvalue weighted by Crippen LogP contribution is 2.38. The summed E-state index contributed by atoms with van der Waals surface area (Å²) in [4.78, 5) is 1.56. The average Bonchev–Trinajstić information content (AvgIpc) is 2.37. The summed E-state index contributed by atoms with van der Waals surface area (Å²) in [5, 5.41) is 9.04. The number of nitrogens with zero attached hydrogens (tertiary/aromatic N) is 1. The first-order valence-electron chi connectivity index (χ1n) is 5.86. The summed E-state index contributed by atoms with van der Waals surface area (Å²) < 4.78 is 44.2. The Morgan fingerprint density at radius 1 is 1.42 bits per heavy atom. The van der Waals surface area contributed by atoms with Gasteiger partial charge in [-0.3, -0.25) is 0 Å². The monoisotopic (exact) mass is 276 g/mol. The Morgan fingerprint density at radius 2 is 2.16 bits per heavy atom. The minimum Gasteiger partial charge on any atom is -0.399 e. The largest absolute Gasteiger partial charge is 0.418 e. The second kappa shape index (κ2) is 5.26. The lowest BCUT2D eigenvalue weighted by atomic mass is 10.1. The molecule has 1 fully saturated rings. The lowest BCUT2D eigenvalue weighted by Gasteiger charge is -2.35. The summed E-state index contributed by atoms with van der Waals surface area (Å²) in [5.41, 5.74) is 4.81. The molecule has 1 aromatic rings. The molecule has 2 rings (SSSR count). The van der Waals surface area contributed by atoms with E-state index in [9.17, 15) is 13.2 Å². The fraction of sp³-hybridized carbons (Fsp3) is 0.500. The Kier molecular flexibility index (Phi) is 3.86. The van der Waals surface area contributed by atoms with Crippen LogP contribution in [0.25, 0.3) is 0 Å². The van der Waals surface area contributed by atoms with Crippen LogP contribution in [0.3, 0.4) is 0 Å². The van der Waals surface area contributed by atoms with E-state index in [0.717, 1.165) is 6.07 Å². The number of hydrogen-bond donors (Lipinski definition) is 2. The number of nitrogens with two attached hydrogens (primary N) is 1. The molecule has 1 heterocycles. The fourth-order valence-corrected chi connectivity index (χ4v) is 2.11. The van der Waals surface area contributed by atoms with Gasteiger partial charge in [-0.15, -0.1) is 0 Å². The number of anilines is 2. The Labute approximate surface area is 108 Å². The summed E-state index contributed by atoms with van der Waals surface area (Å²) in [6, 6.07) is 3.73. The first-order chi connectivity index (χ1) is 8.91. The number of alkyl halides is 3. The van der Waals surface area contributed by atoms with E-state index in [2.05, 4.69) is 0 Å². The van der Waals surface area contributed by atoms with Crippen LogP contribution in [0, 0.1) is 0 Å². The van der Waals surface area contributed by atoms with Crippen LogP contribution in [0.1, 0.15) is 5.56 Å². The van der Waals surface area contributed by atoms with Gasteiger partial charge in [0.25, 0.3) is 0 Å². The van der Waals surface area contributed by atoms with Gasteiger partial charge in [0.1, 0.15) is 0 Å². The Bertz CT molecular complexity index is 451. The molecule has 0 aliphatic carbocycles. The third-order valence-corrected chi connectivity index (χ3v) is 3.01. The highest BCUT2D eigenvalue weighted by atomic mass is 19.4. The van der Waals surface area contributed by atoms with Crippen LogP contribution in [-0.4, -0.2) is 37.5 Å². The topological polar surface area (TPSA) is 58.7 Å². The van der Waals surface area contributed by atoms with Crippen molar-refractivity contribution in [3.63, 3.8) is 0 Å². The standard InChI is InChI=1S/C12H15F3N2O2/c13-12(14,15)10-5-8(16)1-2-11(10)17-3-4-19-9(6-17)7-18/h1-2,5,9,18H,3-4,6-7,16H2. The minimum absolute atomic E-state index is 0.0723. The number of ether oxygens (including phenoxy) is 1. The quantitative estimate of drug-likeness (QED) is 0.803. The van der Waals surface area contributed by atoms with E-state index in [4.69, 9.17) is 15.6 Å². The Balaban J connectivity index is 2.33. The third-order valence-electron chi connectivity index (χ3n) is 3.01. The molecule has 0 amide bonds. The zero-order chi connectivity index (χ0) is 14.0. The molecular formula is C12H15F3N2O2. The number of nitrogen functional groups attached to an aromatic ring is 1. The van der Waals surface area contributed by atoms with Crippen molar-refractivity contribution in [2.75, 3.05) is 36.9 Å². The SMILES string of the molecule is Nc1ccc(N2CCOC(CO)C2)c(C(F)(F)F)c1. The molecule has 1 aromatic carbocycles. The lowest BCUT2D eigenvalue weighted by molar-refractivity contribution is -0.137. The molecule has 1 atom stereocenters. The Hall–Kier alpha value is -1.47. The van der Waals surface area contributed by atoms with Crippen LogP contribution in [0.2, 0.25) is 0 Å². The van der Waals surface area contributed by atoms with Crippen molar-refractivity contribution in [1.82, 2.24) is 0 Å². The van der Waals surface area contributed by atoms with Gasteiger partial charge >= 0.3 is 6.18 Å². The molecule has 7 heteroatoms. The summed E-state index contributed by atoms with van der Waals surface area (Å²) in [5.74, 6) is 0. The molecule has 19 heavy (non-hydrogen) atoms. The van der Waals surface area contributed by atoms with Crippen molar-refractivity contribution in [3.8, 4) is 0 Å². The van der Waals surface area contributed by atoms with Gasteiger partial charge in [0.05, 0.1) is 24.9 Å². The predicted molar refractivity (Wildman–Crippen MR) is 64.9 cm³/mol. The highest BCUT2D eigenvalue weighted by molar-refractivity contribution is 5.61. The first-order valence-corrected chi connectivity index (χ1v) is 5.86. The van der Waals surface area contributed by atoms with Gasteiger partial charge in [-0.1, -0.05) is 0 Å². The third kappa shape index (κ3) is 3.10. The maximum atomic E-state index is 13.0. The number of aliphatic hydroxyl groups is 1. The lowest BCUT2D eigenvalue weighted by Crippen LogP contribution is -2.44. The normalized spacial score (nSPS) is 20.6. The number of rotatable bonds is 2. The second-order valence-corrected chi connectivity index (χ2v) is 4.40. The van der Waals surface area contributed by atoms with Crippen molar-refractivity contribution in [1.29, 1.82) is 0 Å². The molecular weight excluding hydrogens is 261 g/mol. The number of morpholine rings is 1. The van der Waals surface area contributed by atoms with Gasteiger partial charge in [0.15, 0.2) is 0 Å². The van der Waals surface area contributed by atoms with Crippen LogP contribution in [0.5, 0.6) is 0 Å². The van der Waals surface area contributed by atoms with E-state index in [-0.39, 0.29) is 31.1 Å². The molecule has 1 aliphatic rings. The number of aliphatic hydroxyl groups excluding tert-OH is 1. The van der Waals surface area contributed by atoms with Crippen molar-refractivity contribution < 1.29 is 23.0 Å². The van der Waals surface area contributed by atoms with Crippen LogP contribution in [0.4, 0.5) is 24.5 Å². The van der Waals surface area contributed by atoms with E-state index < -0.39 is 17.8 Å². The molecule has 0 spiro atoms. The number of benzene rings is 1. The van der Waals surface area contributed by atoms with Crippen molar-refractivity contribution >= 4 is 11.4 Å². The van der Waals surface area contributed by atoms with E-state index >= 15 is 0 Å². The zero-order valence-corrected chi connectivity index (χ0v) is 10.2. The van der Waals surface area contributed by atoms with E-state index in [0.29, 0.717) is 6.54 Å². The van der Waals surface area contributed by atoms with Gasteiger partial charge in [0.2, 0.25) is 0 Å².